The summed E-state index contributed by atoms with van der Waals surface area (Å²) in [5.41, 5.74) is 4.61. The van der Waals surface area contributed by atoms with E-state index in [4.69, 9.17) is 9.72 Å². The number of hydrogen-bond donors (Lipinski definition) is 1. The fraction of sp³-hybridized carbons (Fsp3) is 0.348. The predicted molar refractivity (Wildman–Crippen MR) is 110 cm³/mol. The molecule has 140 valence electrons. The van der Waals surface area contributed by atoms with Crippen LogP contribution < -0.4 is 10.1 Å². The van der Waals surface area contributed by atoms with E-state index < -0.39 is 0 Å². The van der Waals surface area contributed by atoms with Crippen molar-refractivity contribution in [2.75, 3.05) is 5.32 Å². The number of rotatable bonds is 6. The van der Waals surface area contributed by atoms with Gasteiger partial charge in [0.25, 0.3) is 0 Å². The van der Waals surface area contributed by atoms with Gasteiger partial charge in [-0.1, -0.05) is 24.3 Å². The monoisotopic (exact) mass is 361 g/mol. The molecule has 0 saturated heterocycles. The van der Waals surface area contributed by atoms with Crippen molar-refractivity contribution in [2.45, 2.75) is 52.3 Å². The number of nitrogens with one attached hydrogen (secondary N) is 1. The highest BCUT2D eigenvalue weighted by atomic mass is 16.5. The Balaban J connectivity index is 1.37. The third-order valence-electron chi connectivity index (χ3n) is 4.88. The number of benzene rings is 2. The van der Waals surface area contributed by atoms with E-state index in [0.29, 0.717) is 0 Å². The lowest BCUT2D eigenvalue weighted by Crippen LogP contribution is -2.08. The van der Waals surface area contributed by atoms with Crippen molar-refractivity contribution in [1.82, 2.24) is 9.55 Å². The lowest BCUT2D eigenvalue weighted by molar-refractivity contribution is 0.242. The van der Waals surface area contributed by atoms with E-state index in [-0.39, 0.29) is 6.10 Å². The summed E-state index contributed by atoms with van der Waals surface area (Å²) in [5.74, 6) is 2.14. The zero-order valence-electron chi connectivity index (χ0n) is 16.1. The average molecular weight is 361 g/mol. The van der Waals surface area contributed by atoms with Crippen LogP contribution in [0.4, 0.5) is 5.69 Å². The van der Waals surface area contributed by atoms with Crippen molar-refractivity contribution in [3.05, 3.63) is 66.1 Å². The highest BCUT2D eigenvalue weighted by Gasteiger charge is 2.13. The molecule has 27 heavy (non-hydrogen) atoms. The molecule has 0 radical (unpaired) electrons. The number of nitrogens with zero attached hydrogens (tertiary/aromatic N) is 2. The van der Waals surface area contributed by atoms with Crippen LogP contribution in [-0.2, 0) is 19.5 Å². The Morgan fingerprint density at radius 3 is 2.52 bits per heavy atom. The Hall–Kier alpha value is -2.75. The minimum Gasteiger partial charge on any atom is -0.491 e. The lowest BCUT2D eigenvalue weighted by atomic mass is 10.1. The summed E-state index contributed by atoms with van der Waals surface area (Å²) >= 11 is 0. The molecular formula is C23H27N3O. The van der Waals surface area contributed by atoms with E-state index in [1.165, 1.54) is 29.8 Å². The van der Waals surface area contributed by atoms with Gasteiger partial charge in [0.1, 0.15) is 11.6 Å². The van der Waals surface area contributed by atoms with E-state index in [1.54, 1.807) is 0 Å². The third kappa shape index (κ3) is 4.33. The molecule has 0 bridgehead atoms. The second-order valence-electron chi connectivity index (χ2n) is 7.43. The molecular weight excluding hydrogens is 334 g/mol. The Kier molecular flexibility index (Phi) is 5.14. The van der Waals surface area contributed by atoms with Crippen LogP contribution in [0.25, 0.3) is 11.3 Å². The Labute approximate surface area is 161 Å². The maximum atomic E-state index is 5.69. The molecule has 1 aliphatic rings. The maximum absolute atomic E-state index is 5.69. The summed E-state index contributed by atoms with van der Waals surface area (Å²) in [6.45, 7) is 5.97. The molecule has 0 aliphatic carbocycles. The van der Waals surface area contributed by atoms with Crippen molar-refractivity contribution in [3.8, 4) is 17.0 Å². The Morgan fingerprint density at radius 2 is 1.81 bits per heavy atom. The molecule has 1 N–H and O–H groups in total. The molecule has 2 heterocycles. The maximum Gasteiger partial charge on any atom is 0.119 e. The molecule has 0 fully saturated rings. The summed E-state index contributed by atoms with van der Waals surface area (Å²) in [6, 6.07) is 16.8. The van der Waals surface area contributed by atoms with Gasteiger partial charge in [-0.2, -0.15) is 0 Å². The highest BCUT2D eigenvalue weighted by molar-refractivity contribution is 5.62. The smallest absolute Gasteiger partial charge is 0.119 e. The molecule has 1 aromatic heterocycles. The summed E-state index contributed by atoms with van der Waals surface area (Å²) in [7, 11) is 0. The third-order valence-corrected chi connectivity index (χ3v) is 4.88. The summed E-state index contributed by atoms with van der Waals surface area (Å²) < 4.78 is 7.99. The number of aryl methyl sites for hydroxylation is 2. The molecule has 0 unspecified atom stereocenters. The quantitative estimate of drug-likeness (QED) is 0.649. The van der Waals surface area contributed by atoms with Crippen molar-refractivity contribution < 1.29 is 4.74 Å². The van der Waals surface area contributed by atoms with Gasteiger partial charge in [-0.05, 0) is 56.5 Å². The number of ether oxygens (including phenoxy) is 1. The van der Waals surface area contributed by atoms with E-state index >= 15 is 0 Å². The Bertz CT molecular complexity index is 855. The molecule has 0 atom stereocenters. The SMILES string of the molecule is CC(C)Oc1ccc(CNc2ccc(-c3cn4c(n3)CCCC4)cc2)cc1. The van der Waals surface area contributed by atoms with Crippen LogP contribution in [0.15, 0.2) is 54.7 Å². The normalized spacial score (nSPS) is 13.4. The van der Waals surface area contributed by atoms with E-state index in [9.17, 15) is 0 Å². The molecule has 4 heteroatoms. The summed E-state index contributed by atoms with van der Waals surface area (Å²) in [5, 5.41) is 3.48. The average Bonchev–Trinajstić information content (AvgIpc) is 3.12. The standard InChI is InChI=1S/C23H27N3O/c1-17(2)27-21-12-6-18(7-13-21)15-24-20-10-8-19(9-11-20)22-16-26-14-4-3-5-23(26)25-22/h6-13,16-17,24H,3-5,14-15H2,1-2H3. The van der Waals surface area contributed by atoms with Crippen molar-refractivity contribution in [1.29, 1.82) is 0 Å². The van der Waals surface area contributed by atoms with E-state index in [2.05, 4.69) is 52.5 Å². The second kappa shape index (κ2) is 7.87. The number of imidazole rings is 1. The number of fused-ring (bicyclic) bond motifs is 1. The van der Waals surface area contributed by atoms with E-state index in [1.807, 2.05) is 26.0 Å². The zero-order chi connectivity index (χ0) is 18.6. The van der Waals surface area contributed by atoms with Gasteiger partial charge in [-0.15, -0.1) is 0 Å². The first-order valence-corrected chi connectivity index (χ1v) is 9.83. The van der Waals surface area contributed by atoms with Crippen molar-refractivity contribution >= 4 is 5.69 Å². The number of anilines is 1. The topological polar surface area (TPSA) is 39.1 Å². The van der Waals surface area contributed by atoms with Gasteiger partial charge in [-0.3, -0.25) is 0 Å². The number of hydrogen-bond acceptors (Lipinski definition) is 3. The van der Waals surface area contributed by atoms with Crippen LogP contribution in [0, 0.1) is 0 Å². The lowest BCUT2D eigenvalue weighted by Gasteiger charge is -2.11. The van der Waals surface area contributed by atoms with Crippen LogP contribution in [0.3, 0.4) is 0 Å². The van der Waals surface area contributed by atoms with Crippen molar-refractivity contribution in [3.63, 3.8) is 0 Å². The molecule has 3 aromatic rings. The van der Waals surface area contributed by atoms with Crippen LogP contribution in [-0.4, -0.2) is 15.7 Å². The minimum atomic E-state index is 0.202. The van der Waals surface area contributed by atoms with Gasteiger partial charge >= 0.3 is 0 Å². The van der Waals surface area contributed by atoms with Gasteiger partial charge in [-0.25, -0.2) is 4.98 Å². The van der Waals surface area contributed by atoms with Gasteiger partial charge in [0.05, 0.1) is 11.8 Å². The molecule has 0 amide bonds. The molecule has 0 spiro atoms. The molecule has 4 nitrogen and oxygen atoms in total. The fourth-order valence-corrected chi connectivity index (χ4v) is 3.47. The van der Waals surface area contributed by atoms with E-state index in [0.717, 1.165) is 36.6 Å². The molecule has 1 aliphatic heterocycles. The highest BCUT2D eigenvalue weighted by Crippen LogP contribution is 2.24. The molecule has 4 rings (SSSR count). The van der Waals surface area contributed by atoms with Gasteiger partial charge in [0.15, 0.2) is 0 Å². The molecule has 2 aromatic carbocycles. The van der Waals surface area contributed by atoms with Crippen LogP contribution >= 0.6 is 0 Å². The zero-order valence-corrected chi connectivity index (χ0v) is 16.1. The molecule has 0 saturated carbocycles. The van der Waals surface area contributed by atoms with Gasteiger partial charge < -0.3 is 14.6 Å². The minimum absolute atomic E-state index is 0.202. The van der Waals surface area contributed by atoms with Gasteiger partial charge in [0.2, 0.25) is 0 Å². The number of aromatic nitrogens is 2. The van der Waals surface area contributed by atoms with Crippen molar-refractivity contribution in [2.24, 2.45) is 0 Å². The first-order valence-electron chi connectivity index (χ1n) is 9.83. The summed E-state index contributed by atoms with van der Waals surface area (Å²) in [4.78, 5) is 4.80. The predicted octanol–water partition coefficient (Wildman–Crippen LogP) is 5.29. The fourth-order valence-electron chi connectivity index (χ4n) is 3.47. The second-order valence-corrected chi connectivity index (χ2v) is 7.43. The van der Waals surface area contributed by atoms with Crippen LogP contribution in [0.2, 0.25) is 0 Å². The summed E-state index contributed by atoms with van der Waals surface area (Å²) in [6.07, 6.45) is 6.01. The van der Waals surface area contributed by atoms with Crippen LogP contribution in [0.1, 0.15) is 38.1 Å². The Morgan fingerprint density at radius 1 is 1.04 bits per heavy atom. The first kappa shape index (κ1) is 17.7. The first-order chi connectivity index (χ1) is 13.2. The van der Waals surface area contributed by atoms with Crippen LogP contribution in [0.5, 0.6) is 5.75 Å². The largest absolute Gasteiger partial charge is 0.491 e. The van der Waals surface area contributed by atoms with Gasteiger partial charge in [0, 0.05) is 37.0 Å².